The summed E-state index contributed by atoms with van der Waals surface area (Å²) in [4.78, 5) is 4.27. The van der Waals surface area contributed by atoms with E-state index in [0.29, 0.717) is 5.75 Å². The van der Waals surface area contributed by atoms with Gasteiger partial charge in [-0.25, -0.2) is 13.4 Å². The molecule has 2 rings (SSSR count). The zero-order valence-corrected chi connectivity index (χ0v) is 10.2. The van der Waals surface area contributed by atoms with Crippen molar-refractivity contribution in [3.63, 3.8) is 0 Å². The van der Waals surface area contributed by atoms with Crippen LogP contribution in [-0.4, -0.2) is 30.9 Å². The van der Waals surface area contributed by atoms with E-state index in [9.17, 15) is 8.42 Å². The Morgan fingerprint density at radius 1 is 1.60 bits per heavy atom. The molecule has 84 valence electrons. The van der Waals surface area contributed by atoms with Gasteiger partial charge in [0, 0.05) is 11.4 Å². The van der Waals surface area contributed by atoms with Crippen molar-refractivity contribution in [1.82, 2.24) is 4.98 Å². The lowest BCUT2D eigenvalue weighted by Crippen LogP contribution is -2.34. The van der Waals surface area contributed by atoms with Crippen LogP contribution < -0.4 is 5.32 Å². The van der Waals surface area contributed by atoms with E-state index in [4.69, 9.17) is 0 Å². The predicted octanol–water partition coefficient (Wildman–Crippen LogP) is 1.44. The van der Waals surface area contributed by atoms with E-state index in [1.54, 1.807) is 0 Å². The largest absolute Gasteiger partial charge is 0.358 e. The Morgan fingerprint density at radius 3 is 3.00 bits per heavy atom. The molecule has 6 heteroatoms. The Kier molecular flexibility index (Phi) is 2.97. The molecule has 1 saturated heterocycles. The summed E-state index contributed by atoms with van der Waals surface area (Å²) in [7, 11) is -2.83. The van der Waals surface area contributed by atoms with Crippen LogP contribution in [0.15, 0.2) is 5.38 Å². The fourth-order valence-electron chi connectivity index (χ4n) is 1.73. The van der Waals surface area contributed by atoms with Gasteiger partial charge in [0.15, 0.2) is 15.0 Å². The van der Waals surface area contributed by atoms with E-state index in [0.717, 1.165) is 23.7 Å². The quantitative estimate of drug-likeness (QED) is 0.858. The number of hydrogen-bond acceptors (Lipinski definition) is 5. The minimum Gasteiger partial charge on any atom is -0.358 e. The molecular weight excluding hydrogens is 232 g/mol. The third-order valence-corrected chi connectivity index (χ3v) is 5.12. The first-order valence-electron chi connectivity index (χ1n) is 4.94. The Morgan fingerprint density at radius 2 is 2.40 bits per heavy atom. The van der Waals surface area contributed by atoms with Crippen molar-refractivity contribution < 1.29 is 8.42 Å². The van der Waals surface area contributed by atoms with Crippen LogP contribution >= 0.6 is 11.3 Å². The van der Waals surface area contributed by atoms with Crippen molar-refractivity contribution in [3.05, 3.63) is 11.1 Å². The van der Waals surface area contributed by atoms with Gasteiger partial charge in [0.25, 0.3) is 0 Å². The molecule has 2 heterocycles. The highest BCUT2D eigenvalue weighted by molar-refractivity contribution is 7.91. The first-order valence-corrected chi connectivity index (χ1v) is 7.64. The van der Waals surface area contributed by atoms with Crippen molar-refractivity contribution in [2.24, 2.45) is 0 Å². The SMILES string of the molecule is Cc1csc(NC2CCCS(=O)(=O)C2)n1. The second-order valence-electron chi connectivity index (χ2n) is 3.89. The highest BCUT2D eigenvalue weighted by atomic mass is 32.2. The van der Waals surface area contributed by atoms with Crippen molar-refractivity contribution in [1.29, 1.82) is 0 Å². The highest BCUT2D eigenvalue weighted by Gasteiger charge is 2.24. The normalized spacial score (nSPS) is 25.0. The molecule has 0 amide bonds. The van der Waals surface area contributed by atoms with E-state index in [1.807, 2.05) is 12.3 Å². The maximum Gasteiger partial charge on any atom is 0.183 e. The number of thiazole rings is 1. The first kappa shape index (κ1) is 10.9. The number of nitrogens with one attached hydrogen (secondary N) is 1. The van der Waals surface area contributed by atoms with E-state index >= 15 is 0 Å². The zero-order valence-electron chi connectivity index (χ0n) is 8.56. The molecule has 1 aromatic heterocycles. The van der Waals surface area contributed by atoms with Gasteiger partial charge in [0.2, 0.25) is 0 Å². The second-order valence-corrected chi connectivity index (χ2v) is 6.98. The first-order chi connectivity index (χ1) is 7.05. The van der Waals surface area contributed by atoms with Crippen LogP contribution in [0.5, 0.6) is 0 Å². The molecule has 0 aromatic carbocycles. The number of aryl methyl sites for hydroxylation is 1. The average molecular weight is 246 g/mol. The maximum atomic E-state index is 11.4. The van der Waals surface area contributed by atoms with Gasteiger partial charge in [-0.15, -0.1) is 11.3 Å². The summed E-state index contributed by atoms with van der Waals surface area (Å²) in [6.45, 7) is 1.93. The molecule has 1 N–H and O–H groups in total. The number of rotatable bonds is 2. The van der Waals surface area contributed by atoms with E-state index in [1.165, 1.54) is 11.3 Å². The molecule has 0 radical (unpaired) electrons. The molecule has 0 bridgehead atoms. The molecule has 1 aromatic rings. The van der Waals surface area contributed by atoms with Crippen molar-refractivity contribution in [2.45, 2.75) is 25.8 Å². The maximum absolute atomic E-state index is 11.4. The number of nitrogens with zero attached hydrogens (tertiary/aromatic N) is 1. The molecule has 0 aliphatic carbocycles. The monoisotopic (exact) mass is 246 g/mol. The van der Waals surface area contributed by atoms with Crippen LogP contribution in [0.4, 0.5) is 5.13 Å². The van der Waals surface area contributed by atoms with E-state index in [2.05, 4.69) is 10.3 Å². The van der Waals surface area contributed by atoms with Gasteiger partial charge in [-0.2, -0.15) is 0 Å². The lowest BCUT2D eigenvalue weighted by Gasteiger charge is -2.22. The summed E-state index contributed by atoms with van der Waals surface area (Å²) in [5.74, 6) is 0.577. The second kappa shape index (κ2) is 4.09. The number of aromatic nitrogens is 1. The number of sulfone groups is 1. The summed E-state index contributed by atoms with van der Waals surface area (Å²) >= 11 is 1.53. The van der Waals surface area contributed by atoms with Crippen LogP contribution in [0.25, 0.3) is 0 Å². The molecule has 1 atom stereocenters. The van der Waals surface area contributed by atoms with Gasteiger partial charge < -0.3 is 5.32 Å². The van der Waals surface area contributed by atoms with Gasteiger partial charge in [0.05, 0.1) is 17.2 Å². The highest BCUT2D eigenvalue weighted by Crippen LogP contribution is 2.20. The summed E-state index contributed by atoms with van der Waals surface area (Å²) in [6.07, 6.45) is 1.67. The van der Waals surface area contributed by atoms with Crippen molar-refractivity contribution in [3.8, 4) is 0 Å². The molecule has 1 aliphatic heterocycles. The third kappa shape index (κ3) is 2.92. The standard InChI is InChI=1S/C9H14N2O2S2/c1-7-5-14-9(10-7)11-8-3-2-4-15(12,13)6-8/h5,8H,2-4,6H2,1H3,(H,10,11). The fraction of sp³-hybridized carbons (Fsp3) is 0.667. The minimum absolute atomic E-state index is 0.0364. The minimum atomic E-state index is -2.83. The summed E-state index contributed by atoms with van der Waals surface area (Å²) in [6, 6.07) is 0.0364. The van der Waals surface area contributed by atoms with Gasteiger partial charge in [-0.3, -0.25) is 0 Å². The Hall–Kier alpha value is -0.620. The molecule has 4 nitrogen and oxygen atoms in total. The Bertz CT molecular complexity index is 439. The smallest absolute Gasteiger partial charge is 0.183 e. The predicted molar refractivity (Wildman–Crippen MR) is 62.1 cm³/mol. The van der Waals surface area contributed by atoms with Gasteiger partial charge in [-0.1, -0.05) is 0 Å². The third-order valence-electron chi connectivity index (χ3n) is 2.41. The molecular formula is C9H14N2O2S2. The lowest BCUT2D eigenvalue weighted by atomic mass is 10.2. The molecule has 15 heavy (non-hydrogen) atoms. The molecule has 0 spiro atoms. The van der Waals surface area contributed by atoms with Crippen molar-refractivity contribution >= 4 is 26.3 Å². The Balaban J connectivity index is 2.01. The topological polar surface area (TPSA) is 59.1 Å². The van der Waals surface area contributed by atoms with E-state index in [-0.39, 0.29) is 11.8 Å². The van der Waals surface area contributed by atoms with Crippen LogP contribution in [0.3, 0.4) is 0 Å². The summed E-state index contributed by atoms with van der Waals surface area (Å²) in [5, 5.41) is 5.97. The van der Waals surface area contributed by atoms with E-state index < -0.39 is 9.84 Å². The van der Waals surface area contributed by atoms with Crippen LogP contribution in [0.2, 0.25) is 0 Å². The molecule has 1 fully saturated rings. The zero-order chi connectivity index (χ0) is 10.9. The van der Waals surface area contributed by atoms with Crippen LogP contribution in [-0.2, 0) is 9.84 Å². The lowest BCUT2D eigenvalue weighted by molar-refractivity contribution is 0.562. The molecule has 1 aliphatic rings. The van der Waals surface area contributed by atoms with Gasteiger partial charge in [-0.05, 0) is 19.8 Å². The molecule has 0 saturated carbocycles. The molecule has 1 unspecified atom stereocenters. The number of hydrogen-bond donors (Lipinski definition) is 1. The summed E-state index contributed by atoms with van der Waals surface area (Å²) < 4.78 is 22.8. The average Bonchev–Trinajstić information content (AvgIpc) is 2.49. The Labute approximate surface area is 93.7 Å². The van der Waals surface area contributed by atoms with Crippen LogP contribution in [0, 0.1) is 6.92 Å². The van der Waals surface area contributed by atoms with Gasteiger partial charge in [0.1, 0.15) is 0 Å². The van der Waals surface area contributed by atoms with Crippen LogP contribution in [0.1, 0.15) is 18.5 Å². The summed E-state index contributed by atoms with van der Waals surface area (Å²) in [5.41, 5.74) is 0.973. The fourth-order valence-corrected chi connectivity index (χ4v) is 4.13. The van der Waals surface area contributed by atoms with Gasteiger partial charge >= 0.3 is 0 Å². The van der Waals surface area contributed by atoms with Crippen molar-refractivity contribution in [2.75, 3.05) is 16.8 Å². The number of anilines is 1.